The number of benzene rings is 1. The van der Waals surface area contributed by atoms with Gasteiger partial charge in [-0.1, -0.05) is 0 Å². The molecule has 0 spiro atoms. The molecule has 0 heterocycles. The Kier molecular flexibility index (Phi) is 4.17. The zero-order chi connectivity index (χ0) is 12.0. The van der Waals surface area contributed by atoms with Crippen molar-refractivity contribution in [3.8, 4) is 17.9 Å². The van der Waals surface area contributed by atoms with Gasteiger partial charge in [-0.15, -0.1) is 0 Å². The van der Waals surface area contributed by atoms with Crippen LogP contribution in [0.2, 0.25) is 0 Å². The predicted octanol–water partition coefficient (Wildman–Crippen LogP) is 1.92. The van der Waals surface area contributed by atoms with Crippen LogP contribution in [0.25, 0.3) is 0 Å². The molecular formula is C12H13N3O. The van der Waals surface area contributed by atoms with Gasteiger partial charge in [-0.2, -0.15) is 10.5 Å². The van der Waals surface area contributed by atoms with Gasteiger partial charge in [0.15, 0.2) is 0 Å². The number of rotatable bonds is 4. The molecule has 4 nitrogen and oxygen atoms in total. The third-order valence-electron chi connectivity index (χ3n) is 2.30. The summed E-state index contributed by atoms with van der Waals surface area (Å²) in [4.78, 5) is 1.88. The van der Waals surface area contributed by atoms with Gasteiger partial charge < -0.3 is 9.64 Å². The van der Waals surface area contributed by atoms with E-state index in [4.69, 9.17) is 15.3 Å². The van der Waals surface area contributed by atoms with Gasteiger partial charge in [-0.05, 0) is 12.1 Å². The van der Waals surface area contributed by atoms with Crippen LogP contribution in [0.3, 0.4) is 0 Å². The highest BCUT2D eigenvalue weighted by Crippen LogP contribution is 2.24. The fourth-order valence-electron chi connectivity index (χ4n) is 1.39. The van der Waals surface area contributed by atoms with Crippen molar-refractivity contribution in [2.24, 2.45) is 0 Å². The first-order chi connectivity index (χ1) is 7.72. The van der Waals surface area contributed by atoms with E-state index in [1.54, 1.807) is 25.3 Å². The Morgan fingerprint density at radius 3 is 2.69 bits per heavy atom. The van der Waals surface area contributed by atoms with Crippen molar-refractivity contribution >= 4 is 5.69 Å². The molecule has 0 saturated heterocycles. The van der Waals surface area contributed by atoms with Crippen LogP contribution in [-0.4, -0.2) is 20.7 Å². The molecule has 0 unspecified atom stereocenters. The summed E-state index contributed by atoms with van der Waals surface area (Å²) >= 11 is 0. The summed E-state index contributed by atoms with van der Waals surface area (Å²) in [6.45, 7) is 0.596. The summed E-state index contributed by atoms with van der Waals surface area (Å²) in [5, 5.41) is 17.5. The van der Waals surface area contributed by atoms with Crippen molar-refractivity contribution in [3.05, 3.63) is 23.8 Å². The zero-order valence-corrected chi connectivity index (χ0v) is 9.40. The van der Waals surface area contributed by atoms with Crippen molar-refractivity contribution in [1.29, 1.82) is 10.5 Å². The van der Waals surface area contributed by atoms with Gasteiger partial charge in [-0.25, -0.2) is 0 Å². The molecule has 0 radical (unpaired) electrons. The lowest BCUT2D eigenvalue weighted by molar-refractivity contribution is 0.415. The molecule has 0 N–H and O–H groups in total. The van der Waals surface area contributed by atoms with E-state index in [1.807, 2.05) is 11.9 Å². The Balaban J connectivity index is 3.00. The quantitative estimate of drug-likeness (QED) is 0.769. The standard InChI is InChI=1S/C12H13N3O/c1-15(7-3-6-13)12-8-11(16-2)5-4-10(12)9-14/h4-5,8H,3,7H2,1-2H3. The van der Waals surface area contributed by atoms with Gasteiger partial charge >= 0.3 is 0 Å². The van der Waals surface area contributed by atoms with E-state index >= 15 is 0 Å². The van der Waals surface area contributed by atoms with Crippen LogP contribution in [-0.2, 0) is 0 Å². The second-order valence-corrected chi connectivity index (χ2v) is 3.32. The lowest BCUT2D eigenvalue weighted by Gasteiger charge is -2.19. The number of hydrogen-bond donors (Lipinski definition) is 0. The van der Waals surface area contributed by atoms with E-state index < -0.39 is 0 Å². The van der Waals surface area contributed by atoms with Gasteiger partial charge in [0.05, 0.1) is 30.9 Å². The molecule has 0 atom stereocenters. The Bertz CT molecular complexity index is 443. The lowest BCUT2D eigenvalue weighted by atomic mass is 10.1. The molecular weight excluding hydrogens is 202 g/mol. The van der Waals surface area contributed by atoms with Crippen LogP contribution in [0.5, 0.6) is 5.75 Å². The lowest BCUT2D eigenvalue weighted by Crippen LogP contribution is -2.19. The van der Waals surface area contributed by atoms with Crippen molar-refractivity contribution in [3.63, 3.8) is 0 Å². The number of anilines is 1. The van der Waals surface area contributed by atoms with Crippen molar-refractivity contribution in [1.82, 2.24) is 0 Å². The molecule has 16 heavy (non-hydrogen) atoms. The molecule has 1 aromatic carbocycles. The minimum Gasteiger partial charge on any atom is -0.497 e. The van der Waals surface area contributed by atoms with E-state index in [0.29, 0.717) is 24.3 Å². The molecule has 0 bridgehead atoms. The smallest absolute Gasteiger partial charge is 0.121 e. The van der Waals surface area contributed by atoms with E-state index in [0.717, 1.165) is 5.69 Å². The summed E-state index contributed by atoms with van der Waals surface area (Å²) in [7, 11) is 3.44. The minimum atomic E-state index is 0.429. The van der Waals surface area contributed by atoms with Crippen molar-refractivity contribution in [2.75, 3.05) is 25.6 Å². The van der Waals surface area contributed by atoms with E-state index in [1.165, 1.54) is 0 Å². The Hall–Kier alpha value is -2.20. The second-order valence-electron chi connectivity index (χ2n) is 3.32. The molecule has 0 aliphatic heterocycles. The maximum absolute atomic E-state index is 8.97. The highest BCUT2D eigenvalue weighted by atomic mass is 16.5. The van der Waals surface area contributed by atoms with Crippen LogP contribution < -0.4 is 9.64 Å². The Morgan fingerprint density at radius 1 is 1.38 bits per heavy atom. The first-order valence-corrected chi connectivity index (χ1v) is 4.89. The first-order valence-electron chi connectivity index (χ1n) is 4.89. The maximum Gasteiger partial charge on any atom is 0.121 e. The predicted molar refractivity (Wildman–Crippen MR) is 61.2 cm³/mol. The van der Waals surface area contributed by atoms with E-state index in [9.17, 15) is 0 Å². The third-order valence-corrected chi connectivity index (χ3v) is 2.30. The average molecular weight is 215 g/mol. The molecule has 4 heteroatoms. The average Bonchev–Trinajstić information content (AvgIpc) is 2.35. The molecule has 1 aromatic rings. The number of methoxy groups -OCH3 is 1. The highest BCUT2D eigenvalue weighted by Gasteiger charge is 2.08. The van der Waals surface area contributed by atoms with Gasteiger partial charge in [0, 0.05) is 19.7 Å². The molecule has 0 fully saturated rings. The highest BCUT2D eigenvalue weighted by molar-refractivity contribution is 5.61. The summed E-state index contributed by atoms with van der Waals surface area (Å²) < 4.78 is 5.11. The SMILES string of the molecule is COc1ccc(C#N)c(N(C)CCC#N)c1. The van der Waals surface area contributed by atoms with Crippen LogP contribution in [0.15, 0.2) is 18.2 Å². The third kappa shape index (κ3) is 2.65. The van der Waals surface area contributed by atoms with Gasteiger partial charge in [-0.3, -0.25) is 0 Å². The van der Waals surface area contributed by atoms with Crippen molar-refractivity contribution < 1.29 is 4.74 Å². The van der Waals surface area contributed by atoms with Gasteiger partial charge in [0.2, 0.25) is 0 Å². The van der Waals surface area contributed by atoms with E-state index in [-0.39, 0.29) is 0 Å². The van der Waals surface area contributed by atoms with Crippen LogP contribution >= 0.6 is 0 Å². The summed E-state index contributed by atoms with van der Waals surface area (Å²) in [6.07, 6.45) is 0.429. The zero-order valence-electron chi connectivity index (χ0n) is 9.40. The number of nitriles is 2. The van der Waals surface area contributed by atoms with Crippen molar-refractivity contribution in [2.45, 2.75) is 6.42 Å². The minimum absolute atomic E-state index is 0.429. The molecule has 1 rings (SSSR count). The number of hydrogen-bond acceptors (Lipinski definition) is 4. The number of nitrogens with zero attached hydrogens (tertiary/aromatic N) is 3. The largest absolute Gasteiger partial charge is 0.497 e. The summed E-state index contributed by atoms with van der Waals surface area (Å²) in [5.41, 5.74) is 1.37. The maximum atomic E-state index is 8.97. The van der Waals surface area contributed by atoms with Gasteiger partial charge in [0.25, 0.3) is 0 Å². The Morgan fingerprint density at radius 2 is 2.12 bits per heavy atom. The first kappa shape index (κ1) is 11.9. The molecule has 0 amide bonds. The molecule has 0 saturated carbocycles. The molecule has 0 aromatic heterocycles. The second kappa shape index (κ2) is 5.63. The molecule has 0 aliphatic carbocycles. The fraction of sp³-hybridized carbons (Fsp3) is 0.333. The number of ether oxygens (including phenoxy) is 1. The van der Waals surface area contributed by atoms with E-state index in [2.05, 4.69) is 12.1 Å². The summed E-state index contributed by atoms with van der Waals surface area (Å²) in [5.74, 6) is 0.706. The topological polar surface area (TPSA) is 60.0 Å². The van der Waals surface area contributed by atoms with Crippen LogP contribution in [0.1, 0.15) is 12.0 Å². The molecule has 82 valence electrons. The Labute approximate surface area is 95.3 Å². The van der Waals surface area contributed by atoms with Crippen LogP contribution in [0, 0.1) is 22.7 Å². The van der Waals surface area contributed by atoms with Gasteiger partial charge in [0.1, 0.15) is 11.8 Å². The van der Waals surface area contributed by atoms with Crippen LogP contribution in [0.4, 0.5) is 5.69 Å². The normalized spacial score (nSPS) is 9.00. The summed E-state index contributed by atoms with van der Waals surface area (Å²) in [6, 6.07) is 9.47. The molecule has 0 aliphatic rings. The fourth-order valence-corrected chi connectivity index (χ4v) is 1.39. The monoisotopic (exact) mass is 215 g/mol.